The number of hydrogen-bond donors (Lipinski definition) is 0. The lowest BCUT2D eigenvalue weighted by Gasteiger charge is -2.06. The number of halogens is 8. The fourth-order valence-corrected chi connectivity index (χ4v) is 5.09. The molecule has 8 heteroatoms. The number of aryl methyl sites for hydroxylation is 2. The summed E-state index contributed by atoms with van der Waals surface area (Å²) in [5, 5.41) is 0. The average molecular weight is 773 g/mol. The summed E-state index contributed by atoms with van der Waals surface area (Å²) in [6.45, 7) is 23.0. The van der Waals surface area contributed by atoms with Gasteiger partial charge in [-0.1, -0.05) is 99.6 Å². The summed E-state index contributed by atoms with van der Waals surface area (Å²) in [6, 6.07) is 22.0. The van der Waals surface area contributed by atoms with Crippen molar-refractivity contribution in [1.29, 1.82) is 0 Å². The summed E-state index contributed by atoms with van der Waals surface area (Å²) in [4.78, 5) is 0. The molecule has 5 aromatic carbocycles. The van der Waals surface area contributed by atoms with Crippen molar-refractivity contribution in [3.05, 3.63) is 176 Å². The predicted octanol–water partition coefficient (Wildman–Crippen LogP) is 15.8. The van der Waals surface area contributed by atoms with E-state index in [2.05, 4.69) is 13.8 Å². The highest BCUT2D eigenvalue weighted by Gasteiger charge is 2.11. The van der Waals surface area contributed by atoms with Crippen molar-refractivity contribution in [2.24, 2.45) is 0 Å². The van der Waals surface area contributed by atoms with Crippen molar-refractivity contribution >= 4 is 0 Å². The normalized spacial score (nSPS) is 10.6. The fraction of sp³-hybridized carbons (Fsp3) is 0.362. The van der Waals surface area contributed by atoms with Crippen molar-refractivity contribution in [3.63, 3.8) is 0 Å². The van der Waals surface area contributed by atoms with E-state index in [0.29, 0.717) is 11.5 Å². The summed E-state index contributed by atoms with van der Waals surface area (Å²) >= 11 is 0. The van der Waals surface area contributed by atoms with E-state index in [0.717, 1.165) is 46.0 Å². The van der Waals surface area contributed by atoms with Crippen LogP contribution in [-0.4, -0.2) is 0 Å². The maximum atomic E-state index is 13.1. The number of rotatable bonds is 5. The lowest BCUT2D eigenvalue weighted by atomic mass is 10.0. The third-order valence-electron chi connectivity index (χ3n) is 8.28. The molecule has 0 unspecified atom stereocenters. The minimum atomic E-state index is -0.783. The molecule has 0 N–H and O–H groups in total. The third kappa shape index (κ3) is 17.3. The second-order valence-electron chi connectivity index (χ2n) is 14.8. The summed E-state index contributed by atoms with van der Waals surface area (Å²) in [5.41, 5.74) is 5.28. The molecule has 0 aliphatic heterocycles. The SMILES string of the molecule is CC(C)c1c(F)cccc1F.CC(C)c1cc(F)ccc1F.CC(C)c1ccc(F)c(F)c1.Cc1cc(F)cc(C(C)C)c1.Cc1ccc(C(C)C)c(F)c1. The molecule has 0 heterocycles. The molecular formula is C47H56F8. The Morgan fingerprint density at radius 1 is 0.327 bits per heavy atom. The van der Waals surface area contributed by atoms with Gasteiger partial charge in [0.2, 0.25) is 0 Å². The van der Waals surface area contributed by atoms with Gasteiger partial charge in [0.1, 0.15) is 34.9 Å². The summed E-state index contributed by atoms with van der Waals surface area (Å²) in [6.07, 6.45) is 0. The zero-order chi connectivity index (χ0) is 42.2. The van der Waals surface area contributed by atoms with E-state index < -0.39 is 23.3 Å². The lowest BCUT2D eigenvalue weighted by molar-refractivity contribution is 0.506. The van der Waals surface area contributed by atoms with Crippen LogP contribution in [0, 0.1) is 60.4 Å². The topological polar surface area (TPSA) is 0 Å². The van der Waals surface area contributed by atoms with E-state index in [1.807, 2.05) is 73.6 Å². The van der Waals surface area contributed by atoms with E-state index in [4.69, 9.17) is 0 Å². The Kier molecular flexibility index (Phi) is 20.7. The van der Waals surface area contributed by atoms with Gasteiger partial charge in [-0.15, -0.1) is 0 Å². The molecule has 0 aliphatic carbocycles. The van der Waals surface area contributed by atoms with Crippen LogP contribution in [0.15, 0.2) is 91.0 Å². The van der Waals surface area contributed by atoms with Crippen LogP contribution in [0.3, 0.4) is 0 Å². The van der Waals surface area contributed by atoms with Crippen LogP contribution in [-0.2, 0) is 0 Å². The first kappa shape index (κ1) is 48.6. The smallest absolute Gasteiger partial charge is 0.159 e. The molecule has 0 spiro atoms. The molecule has 300 valence electrons. The van der Waals surface area contributed by atoms with Crippen LogP contribution in [0.2, 0.25) is 0 Å². The van der Waals surface area contributed by atoms with Crippen LogP contribution in [0.25, 0.3) is 0 Å². The van der Waals surface area contributed by atoms with Crippen LogP contribution < -0.4 is 0 Å². The zero-order valence-corrected chi connectivity index (χ0v) is 34.1. The maximum absolute atomic E-state index is 13.1. The summed E-state index contributed by atoms with van der Waals surface area (Å²) < 4.78 is 102. The van der Waals surface area contributed by atoms with Crippen LogP contribution >= 0.6 is 0 Å². The van der Waals surface area contributed by atoms with Crippen LogP contribution in [0.4, 0.5) is 35.1 Å². The molecule has 55 heavy (non-hydrogen) atoms. The van der Waals surface area contributed by atoms with Crippen molar-refractivity contribution < 1.29 is 35.1 Å². The predicted molar refractivity (Wildman–Crippen MR) is 212 cm³/mol. The number of hydrogen-bond acceptors (Lipinski definition) is 0. The fourth-order valence-electron chi connectivity index (χ4n) is 5.09. The van der Waals surface area contributed by atoms with Gasteiger partial charge in [-0.3, -0.25) is 0 Å². The van der Waals surface area contributed by atoms with E-state index >= 15 is 0 Å². The highest BCUT2D eigenvalue weighted by molar-refractivity contribution is 5.27. The first-order valence-corrected chi connectivity index (χ1v) is 18.4. The monoisotopic (exact) mass is 772 g/mol. The molecule has 0 nitrogen and oxygen atoms in total. The average Bonchev–Trinajstić information content (AvgIpc) is 3.07. The van der Waals surface area contributed by atoms with Crippen LogP contribution in [0.1, 0.15) is 138 Å². The first-order chi connectivity index (χ1) is 25.5. The molecular weight excluding hydrogens is 717 g/mol. The quantitative estimate of drug-likeness (QED) is 0.156. The van der Waals surface area contributed by atoms with E-state index in [9.17, 15) is 35.1 Å². The Hall–Kier alpha value is -4.46. The molecule has 0 radical (unpaired) electrons. The van der Waals surface area contributed by atoms with Gasteiger partial charge in [0.25, 0.3) is 0 Å². The highest BCUT2D eigenvalue weighted by Crippen LogP contribution is 2.22. The molecule has 0 bridgehead atoms. The maximum Gasteiger partial charge on any atom is 0.159 e. The minimum Gasteiger partial charge on any atom is -0.207 e. The second kappa shape index (κ2) is 23.5. The lowest BCUT2D eigenvalue weighted by Crippen LogP contribution is -1.96. The Morgan fingerprint density at radius 3 is 1.29 bits per heavy atom. The first-order valence-electron chi connectivity index (χ1n) is 18.4. The van der Waals surface area contributed by atoms with Gasteiger partial charge < -0.3 is 0 Å². The van der Waals surface area contributed by atoms with Gasteiger partial charge in [-0.05, 0) is 137 Å². The molecule has 0 atom stereocenters. The van der Waals surface area contributed by atoms with E-state index in [1.165, 1.54) is 30.3 Å². The molecule has 0 aromatic heterocycles. The van der Waals surface area contributed by atoms with Crippen molar-refractivity contribution in [2.45, 2.75) is 113 Å². The van der Waals surface area contributed by atoms with E-state index in [1.54, 1.807) is 38.1 Å². The van der Waals surface area contributed by atoms with Gasteiger partial charge in [0.15, 0.2) is 11.6 Å². The van der Waals surface area contributed by atoms with Gasteiger partial charge in [0.05, 0.1) is 0 Å². The van der Waals surface area contributed by atoms with Gasteiger partial charge in [-0.2, -0.15) is 0 Å². The number of benzene rings is 5. The molecule has 5 rings (SSSR count). The standard InChI is InChI=1S/2C10H13F.3C9H10F2/c1-7(2)9-4-8(3)5-10(11)6-9;1-7(2)9-5-4-8(3)6-10(9)11;1-6(2)8-5-7(10)3-4-9(8)11;1-6(2)7-3-4-8(10)9(11)5-7;1-6(2)9-7(10)4-3-5-8(9)11/h2*4-7H,1-3H3;3*3-6H,1-2H3. The minimum absolute atomic E-state index is 0.0331. The summed E-state index contributed by atoms with van der Waals surface area (Å²) in [7, 11) is 0. The Bertz CT molecular complexity index is 1870. The third-order valence-corrected chi connectivity index (χ3v) is 8.28. The van der Waals surface area contributed by atoms with Crippen LogP contribution in [0.5, 0.6) is 0 Å². The molecule has 0 fully saturated rings. The largest absolute Gasteiger partial charge is 0.207 e. The van der Waals surface area contributed by atoms with Crippen molar-refractivity contribution in [1.82, 2.24) is 0 Å². The highest BCUT2D eigenvalue weighted by atomic mass is 19.2. The Labute approximate surface area is 323 Å². The van der Waals surface area contributed by atoms with Crippen molar-refractivity contribution in [2.75, 3.05) is 0 Å². The van der Waals surface area contributed by atoms with E-state index in [-0.39, 0.29) is 52.5 Å². The summed E-state index contributed by atoms with van der Waals surface area (Å²) in [5.74, 6) is -2.54. The van der Waals surface area contributed by atoms with Crippen molar-refractivity contribution in [3.8, 4) is 0 Å². The van der Waals surface area contributed by atoms with Gasteiger partial charge >= 0.3 is 0 Å². The van der Waals surface area contributed by atoms with Gasteiger partial charge in [-0.25, -0.2) is 35.1 Å². The Balaban J connectivity index is 0.000000344. The second-order valence-corrected chi connectivity index (χ2v) is 14.8. The molecule has 0 aliphatic rings. The molecule has 0 saturated carbocycles. The molecule has 5 aromatic rings. The van der Waals surface area contributed by atoms with Gasteiger partial charge in [0, 0.05) is 5.56 Å². The molecule has 0 amide bonds. The molecule has 0 saturated heterocycles. The Morgan fingerprint density at radius 2 is 0.873 bits per heavy atom. The zero-order valence-electron chi connectivity index (χ0n) is 34.1.